The Morgan fingerprint density at radius 1 is 1.40 bits per heavy atom. The molecule has 1 aliphatic carbocycles. The number of hydrogen-bond donors (Lipinski definition) is 1. The SMILES string of the molecule is CCNCCC(=O)N(Cc1ccc(F)cc1F)C1CC1. The van der Waals surface area contributed by atoms with Crippen LogP contribution in [0.1, 0.15) is 31.7 Å². The van der Waals surface area contributed by atoms with E-state index in [-0.39, 0.29) is 18.5 Å². The van der Waals surface area contributed by atoms with Gasteiger partial charge in [0.05, 0.1) is 0 Å². The molecule has 0 bridgehead atoms. The standard InChI is InChI=1S/C15H20F2N2O/c1-2-18-8-7-15(20)19(13-5-6-13)10-11-3-4-12(16)9-14(11)17/h3-4,9,13,18H,2,5-8,10H2,1H3. The summed E-state index contributed by atoms with van der Waals surface area (Å²) in [7, 11) is 0. The molecule has 1 saturated carbocycles. The van der Waals surface area contributed by atoms with Crippen molar-refractivity contribution in [2.24, 2.45) is 0 Å². The van der Waals surface area contributed by atoms with Gasteiger partial charge in [0.1, 0.15) is 11.6 Å². The molecule has 0 atom stereocenters. The summed E-state index contributed by atoms with van der Waals surface area (Å²) >= 11 is 0. The molecule has 0 aliphatic heterocycles. The third-order valence-electron chi connectivity index (χ3n) is 3.43. The molecule has 1 aromatic carbocycles. The third kappa shape index (κ3) is 4.00. The second-order valence-corrected chi connectivity index (χ2v) is 5.09. The van der Waals surface area contributed by atoms with Crippen LogP contribution in [-0.4, -0.2) is 29.9 Å². The topological polar surface area (TPSA) is 32.3 Å². The highest BCUT2D eigenvalue weighted by Crippen LogP contribution is 2.29. The van der Waals surface area contributed by atoms with E-state index in [2.05, 4.69) is 5.32 Å². The van der Waals surface area contributed by atoms with Crippen molar-refractivity contribution in [3.8, 4) is 0 Å². The van der Waals surface area contributed by atoms with Crippen LogP contribution in [0.3, 0.4) is 0 Å². The van der Waals surface area contributed by atoms with E-state index in [0.717, 1.165) is 25.5 Å². The van der Waals surface area contributed by atoms with Gasteiger partial charge in [-0.3, -0.25) is 4.79 Å². The number of nitrogens with zero attached hydrogens (tertiary/aromatic N) is 1. The number of rotatable bonds is 7. The Morgan fingerprint density at radius 2 is 2.15 bits per heavy atom. The van der Waals surface area contributed by atoms with Crippen LogP contribution in [0.5, 0.6) is 0 Å². The van der Waals surface area contributed by atoms with Crippen molar-refractivity contribution in [2.75, 3.05) is 13.1 Å². The molecule has 3 nitrogen and oxygen atoms in total. The van der Waals surface area contributed by atoms with Gasteiger partial charge in [0.2, 0.25) is 5.91 Å². The minimum absolute atomic E-state index is 0.0252. The first-order chi connectivity index (χ1) is 9.61. The average molecular weight is 282 g/mol. The van der Waals surface area contributed by atoms with Crippen LogP contribution in [0.25, 0.3) is 0 Å². The highest BCUT2D eigenvalue weighted by Gasteiger charge is 2.32. The fourth-order valence-electron chi connectivity index (χ4n) is 2.16. The lowest BCUT2D eigenvalue weighted by atomic mass is 10.2. The summed E-state index contributed by atoms with van der Waals surface area (Å²) in [4.78, 5) is 13.9. The van der Waals surface area contributed by atoms with E-state index < -0.39 is 11.6 Å². The summed E-state index contributed by atoms with van der Waals surface area (Å²) in [6, 6.07) is 3.72. The number of hydrogen-bond acceptors (Lipinski definition) is 2. The molecule has 110 valence electrons. The second-order valence-electron chi connectivity index (χ2n) is 5.09. The zero-order valence-electron chi connectivity index (χ0n) is 11.7. The van der Waals surface area contributed by atoms with Crippen molar-refractivity contribution in [3.63, 3.8) is 0 Å². The first kappa shape index (κ1) is 14.9. The second kappa shape index (κ2) is 6.79. The van der Waals surface area contributed by atoms with Crippen LogP contribution >= 0.6 is 0 Å². The molecule has 1 fully saturated rings. The van der Waals surface area contributed by atoms with Crippen molar-refractivity contribution >= 4 is 5.91 Å². The Morgan fingerprint density at radius 3 is 2.75 bits per heavy atom. The van der Waals surface area contributed by atoms with Gasteiger partial charge in [-0.15, -0.1) is 0 Å². The molecule has 2 rings (SSSR count). The zero-order valence-corrected chi connectivity index (χ0v) is 11.7. The summed E-state index contributed by atoms with van der Waals surface area (Å²) in [5.74, 6) is -1.16. The van der Waals surface area contributed by atoms with Crippen LogP contribution in [-0.2, 0) is 11.3 Å². The van der Waals surface area contributed by atoms with Crippen molar-refractivity contribution in [1.82, 2.24) is 10.2 Å². The molecule has 0 radical (unpaired) electrons. The van der Waals surface area contributed by atoms with E-state index in [1.807, 2.05) is 6.92 Å². The first-order valence-corrected chi connectivity index (χ1v) is 7.06. The number of amides is 1. The summed E-state index contributed by atoms with van der Waals surface area (Å²) in [5, 5.41) is 3.10. The van der Waals surface area contributed by atoms with Crippen LogP contribution in [0.2, 0.25) is 0 Å². The molecule has 20 heavy (non-hydrogen) atoms. The third-order valence-corrected chi connectivity index (χ3v) is 3.43. The normalized spacial score (nSPS) is 14.3. The molecule has 5 heteroatoms. The maximum absolute atomic E-state index is 13.7. The fraction of sp³-hybridized carbons (Fsp3) is 0.533. The molecule has 1 N–H and O–H groups in total. The Labute approximate surface area is 118 Å². The minimum atomic E-state index is -0.595. The van der Waals surface area contributed by atoms with E-state index in [1.54, 1.807) is 4.90 Å². The Hall–Kier alpha value is -1.49. The maximum Gasteiger partial charge on any atom is 0.224 e. The van der Waals surface area contributed by atoms with Gasteiger partial charge in [0.25, 0.3) is 0 Å². The van der Waals surface area contributed by atoms with E-state index in [9.17, 15) is 13.6 Å². The zero-order chi connectivity index (χ0) is 14.5. The fourth-order valence-corrected chi connectivity index (χ4v) is 2.16. The highest BCUT2D eigenvalue weighted by molar-refractivity contribution is 5.77. The van der Waals surface area contributed by atoms with Gasteiger partial charge >= 0.3 is 0 Å². The van der Waals surface area contributed by atoms with E-state index in [1.165, 1.54) is 12.1 Å². The number of carbonyl (C=O) groups excluding carboxylic acids is 1. The lowest BCUT2D eigenvalue weighted by Gasteiger charge is -2.23. The largest absolute Gasteiger partial charge is 0.335 e. The van der Waals surface area contributed by atoms with Crippen molar-refractivity contribution in [1.29, 1.82) is 0 Å². The molecule has 0 saturated heterocycles. The van der Waals surface area contributed by atoms with Gasteiger partial charge in [-0.05, 0) is 25.5 Å². The molecule has 1 amide bonds. The van der Waals surface area contributed by atoms with Crippen molar-refractivity contribution in [3.05, 3.63) is 35.4 Å². The van der Waals surface area contributed by atoms with Gasteiger partial charge in [-0.25, -0.2) is 8.78 Å². The monoisotopic (exact) mass is 282 g/mol. The number of nitrogens with one attached hydrogen (secondary N) is 1. The summed E-state index contributed by atoms with van der Waals surface area (Å²) in [6.07, 6.45) is 2.35. The summed E-state index contributed by atoms with van der Waals surface area (Å²) < 4.78 is 26.6. The Bertz CT molecular complexity index is 475. The van der Waals surface area contributed by atoms with Gasteiger partial charge in [0, 0.05) is 37.2 Å². The van der Waals surface area contributed by atoms with Crippen molar-refractivity contribution < 1.29 is 13.6 Å². The highest BCUT2D eigenvalue weighted by atomic mass is 19.1. The molecular weight excluding hydrogens is 262 g/mol. The quantitative estimate of drug-likeness (QED) is 0.779. The molecular formula is C15H20F2N2O. The summed E-state index contributed by atoms with van der Waals surface area (Å²) in [6.45, 7) is 3.66. The van der Waals surface area contributed by atoms with Crippen LogP contribution < -0.4 is 5.32 Å². The Balaban J connectivity index is 2.00. The van der Waals surface area contributed by atoms with Crippen LogP contribution in [0, 0.1) is 11.6 Å². The summed E-state index contributed by atoms with van der Waals surface area (Å²) in [5.41, 5.74) is 0.370. The van der Waals surface area contributed by atoms with Crippen LogP contribution in [0.15, 0.2) is 18.2 Å². The molecule has 1 aromatic rings. The minimum Gasteiger partial charge on any atom is -0.335 e. The van der Waals surface area contributed by atoms with E-state index in [4.69, 9.17) is 0 Å². The molecule has 0 spiro atoms. The number of halogens is 2. The number of carbonyl (C=O) groups is 1. The van der Waals surface area contributed by atoms with E-state index >= 15 is 0 Å². The lowest BCUT2D eigenvalue weighted by molar-refractivity contribution is -0.132. The average Bonchev–Trinajstić information content (AvgIpc) is 3.22. The Kier molecular flexibility index (Phi) is 5.06. The van der Waals surface area contributed by atoms with Gasteiger partial charge in [-0.1, -0.05) is 13.0 Å². The first-order valence-electron chi connectivity index (χ1n) is 7.06. The predicted molar refractivity (Wildman–Crippen MR) is 73.1 cm³/mol. The predicted octanol–water partition coefficient (Wildman–Crippen LogP) is 2.46. The maximum atomic E-state index is 13.7. The van der Waals surface area contributed by atoms with Gasteiger partial charge in [0.15, 0.2) is 0 Å². The lowest BCUT2D eigenvalue weighted by Crippen LogP contribution is -2.34. The molecule has 0 heterocycles. The number of benzene rings is 1. The molecule has 1 aliphatic rings. The van der Waals surface area contributed by atoms with Gasteiger partial charge in [-0.2, -0.15) is 0 Å². The van der Waals surface area contributed by atoms with E-state index in [0.29, 0.717) is 18.5 Å². The molecule has 0 aromatic heterocycles. The smallest absolute Gasteiger partial charge is 0.224 e. The molecule has 0 unspecified atom stereocenters. The van der Waals surface area contributed by atoms with Gasteiger partial charge < -0.3 is 10.2 Å². The van der Waals surface area contributed by atoms with Crippen LogP contribution in [0.4, 0.5) is 8.78 Å². The van der Waals surface area contributed by atoms with Crippen molar-refractivity contribution in [2.45, 2.75) is 38.8 Å².